The maximum absolute atomic E-state index is 13.4. The Bertz CT molecular complexity index is 950. The van der Waals surface area contributed by atoms with E-state index in [1.54, 1.807) is 35.1 Å². The molecule has 0 atom stereocenters. The SMILES string of the molecule is CN(Cc1cc(Sc2cncc(F)c2)n(-c2ccccc2Cl)n1)C(=O)O. The maximum atomic E-state index is 13.4. The standard InChI is InChI=1S/C17H14ClFN4O2S/c1-22(17(24)25)10-12-7-16(26-13-6-11(19)8-20-9-13)23(21-12)15-5-3-2-4-14(15)18/h2-9H,10H2,1H3,(H,24,25). The van der Waals surface area contributed by atoms with E-state index in [2.05, 4.69) is 10.1 Å². The van der Waals surface area contributed by atoms with Gasteiger partial charge in [0.2, 0.25) is 0 Å². The third-order valence-electron chi connectivity index (χ3n) is 3.44. The first-order valence-corrected chi connectivity index (χ1v) is 8.70. The minimum Gasteiger partial charge on any atom is -0.465 e. The number of nitrogens with zero attached hydrogens (tertiary/aromatic N) is 4. The molecule has 1 N–H and O–H groups in total. The summed E-state index contributed by atoms with van der Waals surface area (Å²) in [5, 5.41) is 14.7. The molecule has 2 aromatic heterocycles. The molecule has 9 heteroatoms. The first-order chi connectivity index (χ1) is 12.4. The lowest BCUT2D eigenvalue weighted by molar-refractivity contribution is 0.153. The van der Waals surface area contributed by atoms with Crippen molar-refractivity contribution in [3.8, 4) is 5.69 Å². The number of halogens is 2. The molecular weight excluding hydrogens is 379 g/mol. The molecule has 0 unspecified atom stereocenters. The van der Waals surface area contributed by atoms with E-state index < -0.39 is 11.9 Å². The van der Waals surface area contributed by atoms with Crippen LogP contribution in [0.25, 0.3) is 5.69 Å². The molecule has 3 aromatic rings. The summed E-state index contributed by atoms with van der Waals surface area (Å²) in [6.07, 6.45) is 1.62. The van der Waals surface area contributed by atoms with Gasteiger partial charge in [-0.15, -0.1) is 0 Å². The van der Waals surface area contributed by atoms with Crippen LogP contribution >= 0.6 is 23.4 Å². The van der Waals surface area contributed by atoms with Crippen LogP contribution in [0.15, 0.2) is 58.7 Å². The summed E-state index contributed by atoms with van der Waals surface area (Å²) in [6.45, 7) is 0.113. The number of rotatable bonds is 5. The van der Waals surface area contributed by atoms with Gasteiger partial charge in [0, 0.05) is 18.1 Å². The average molecular weight is 393 g/mol. The van der Waals surface area contributed by atoms with Gasteiger partial charge in [-0.05, 0) is 24.3 Å². The van der Waals surface area contributed by atoms with E-state index in [1.807, 2.05) is 6.07 Å². The van der Waals surface area contributed by atoms with Crippen molar-refractivity contribution in [1.29, 1.82) is 0 Å². The predicted octanol–water partition coefficient (Wildman–Crippen LogP) is 4.32. The monoisotopic (exact) mass is 392 g/mol. The van der Waals surface area contributed by atoms with Gasteiger partial charge in [-0.2, -0.15) is 5.10 Å². The normalized spacial score (nSPS) is 10.7. The lowest BCUT2D eigenvalue weighted by atomic mass is 10.3. The van der Waals surface area contributed by atoms with Crippen molar-refractivity contribution in [1.82, 2.24) is 19.7 Å². The highest BCUT2D eigenvalue weighted by Crippen LogP contribution is 2.32. The van der Waals surface area contributed by atoms with Gasteiger partial charge < -0.3 is 10.0 Å². The molecule has 0 spiro atoms. The summed E-state index contributed by atoms with van der Waals surface area (Å²) in [5.74, 6) is -0.440. The van der Waals surface area contributed by atoms with Crippen LogP contribution in [-0.4, -0.2) is 37.9 Å². The number of hydrogen-bond acceptors (Lipinski definition) is 4. The Kier molecular flexibility index (Phi) is 5.43. The molecule has 1 amide bonds. The molecule has 0 aliphatic rings. The first kappa shape index (κ1) is 18.2. The number of carbonyl (C=O) groups is 1. The van der Waals surface area contributed by atoms with Crippen molar-refractivity contribution in [2.75, 3.05) is 7.05 Å². The molecule has 6 nitrogen and oxygen atoms in total. The molecule has 0 fully saturated rings. The van der Waals surface area contributed by atoms with Crippen LogP contribution in [0.4, 0.5) is 9.18 Å². The van der Waals surface area contributed by atoms with Crippen LogP contribution in [0.1, 0.15) is 5.69 Å². The van der Waals surface area contributed by atoms with E-state index >= 15 is 0 Å². The van der Waals surface area contributed by atoms with Crippen molar-refractivity contribution < 1.29 is 14.3 Å². The summed E-state index contributed by atoms with van der Waals surface area (Å²) < 4.78 is 15.0. The van der Waals surface area contributed by atoms with Crippen LogP contribution in [0.5, 0.6) is 0 Å². The molecule has 3 rings (SSSR count). The molecule has 0 radical (unpaired) electrons. The van der Waals surface area contributed by atoms with Gasteiger partial charge in [0.15, 0.2) is 0 Å². The third kappa shape index (κ3) is 4.14. The number of pyridine rings is 1. The first-order valence-electron chi connectivity index (χ1n) is 7.50. The number of carboxylic acid groups (broad SMARTS) is 1. The van der Waals surface area contributed by atoms with E-state index in [9.17, 15) is 9.18 Å². The third-order valence-corrected chi connectivity index (χ3v) is 4.71. The number of para-hydroxylation sites is 1. The predicted molar refractivity (Wildman–Crippen MR) is 96.4 cm³/mol. The smallest absolute Gasteiger partial charge is 0.407 e. The topological polar surface area (TPSA) is 71.2 Å². The number of aromatic nitrogens is 3. The lowest BCUT2D eigenvalue weighted by Crippen LogP contribution is -2.24. The quantitative estimate of drug-likeness (QED) is 0.700. The van der Waals surface area contributed by atoms with Crippen molar-refractivity contribution >= 4 is 29.5 Å². The van der Waals surface area contributed by atoms with E-state index in [1.165, 1.54) is 24.9 Å². The summed E-state index contributed by atoms with van der Waals surface area (Å²) in [6, 6.07) is 10.3. The zero-order valence-electron chi connectivity index (χ0n) is 13.6. The fourth-order valence-electron chi connectivity index (χ4n) is 2.24. The van der Waals surface area contributed by atoms with Crippen molar-refractivity contribution in [2.45, 2.75) is 16.5 Å². The van der Waals surface area contributed by atoms with Gasteiger partial charge in [0.05, 0.1) is 29.1 Å². The summed E-state index contributed by atoms with van der Waals surface area (Å²) >= 11 is 7.54. The van der Waals surface area contributed by atoms with Gasteiger partial charge in [0.25, 0.3) is 0 Å². The molecule has 0 bridgehead atoms. The Hall–Kier alpha value is -2.58. The summed E-state index contributed by atoms with van der Waals surface area (Å²) in [5.41, 5.74) is 1.19. The average Bonchev–Trinajstić information content (AvgIpc) is 2.97. The van der Waals surface area contributed by atoms with Crippen LogP contribution in [-0.2, 0) is 6.54 Å². The molecule has 0 saturated heterocycles. The van der Waals surface area contributed by atoms with Gasteiger partial charge in [0.1, 0.15) is 10.8 Å². The Labute approximate surface area is 158 Å². The molecule has 0 aliphatic carbocycles. The van der Waals surface area contributed by atoms with Crippen molar-refractivity contribution in [2.24, 2.45) is 0 Å². The molecule has 1 aromatic carbocycles. The van der Waals surface area contributed by atoms with Crippen LogP contribution in [0.2, 0.25) is 5.02 Å². The Morgan fingerprint density at radius 2 is 2.12 bits per heavy atom. The van der Waals surface area contributed by atoms with Crippen LogP contribution in [0.3, 0.4) is 0 Å². The Morgan fingerprint density at radius 3 is 2.81 bits per heavy atom. The van der Waals surface area contributed by atoms with Gasteiger partial charge >= 0.3 is 6.09 Å². The fourth-order valence-corrected chi connectivity index (χ4v) is 3.40. The van der Waals surface area contributed by atoms with Crippen LogP contribution in [0, 0.1) is 5.82 Å². The highest BCUT2D eigenvalue weighted by molar-refractivity contribution is 7.99. The largest absolute Gasteiger partial charge is 0.465 e. The number of benzene rings is 1. The Morgan fingerprint density at radius 1 is 1.35 bits per heavy atom. The van der Waals surface area contributed by atoms with Gasteiger partial charge in [-0.3, -0.25) is 4.98 Å². The van der Waals surface area contributed by atoms with E-state index in [0.717, 1.165) is 11.1 Å². The van der Waals surface area contributed by atoms with E-state index in [0.29, 0.717) is 26.3 Å². The highest BCUT2D eigenvalue weighted by Gasteiger charge is 2.16. The van der Waals surface area contributed by atoms with E-state index in [4.69, 9.17) is 16.7 Å². The highest BCUT2D eigenvalue weighted by atomic mass is 35.5. The zero-order chi connectivity index (χ0) is 18.7. The molecule has 26 heavy (non-hydrogen) atoms. The van der Waals surface area contributed by atoms with Crippen LogP contribution < -0.4 is 0 Å². The summed E-state index contributed by atoms with van der Waals surface area (Å²) in [4.78, 5) is 16.6. The molecule has 0 saturated carbocycles. The van der Waals surface area contributed by atoms with Gasteiger partial charge in [-0.25, -0.2) is 13.9 Å². The minimum absolute atomic E-state index is 0.113. The summed E-state index contributed by atoms with van der Waals surface area (Å²) in [7, 11) is 1.46. The minimum atomic E-state index is -1.05. The van der Waals surface area contributed by atoms with Crippen molar-refractivity contribution in [3.63, 3.8) is 0 Å². The maximum Gasteiger partial charge on any atom is 0.407 e. The number of hydrogen-bond donors (Lipinski definition) is 1. The van der Waals surface area contributed by atoms with Crippen molar-refractivity contribution in [3.05, 3.63) is 65.3 Å². The molecule has 2 heterocycles. The zero-order valence-corrected chi connectivity index (χ0v) is 15.2. The second-order valence-corrected chi connectivity index (χ2v) is 6.92. The lowest BCUT2D eigenvalue weighted by Gasteiger charge is -2.10. The molecule has 134 valence electrons. The molecular formula is C17H14ClFN4O2S. The molecule has 0 aliphatic heterocycles. The second-order valence-electron chi connectivity index (χ2n) is 5.42. The Balaban J connectivity index is 2.01. The van der Waals surface area contributed by atoms with Gasteiger partial charge in [-0.1, -0.05) is 35.5 Å². The second kappa shape index (κ2) is 7.76. The fraction of sp³-hybridized carbons (Fsp3) is 0.118. The van der Waals surface area contributed by atoms with E-state index in [-0.39, 0.29) is 6.54 Å². The number of amides is 1.